The van der Waals surface area contributed by atoms with Crippen molar-refractivity contribution in [1.29, 1.82) is 0 Å². The van der Waals surface area contributed by atoms with Gasteiger partial charge in [0.2, 0.25) is 0 Å². The number of aliphatic imine (C=N–C) groups is 1. The molecule has 0 bridgehead atoms. The maximum Gasteiger partial charge on any atom is 0.285 e. The number of nitrogens with one attached hydrogen (secondary N) is 1. The van der Waals surface area contributed by atoms with Crippen LogP contribution in [0.5, 0.6) is 0 Å². The lowest BCUT2D eigenvalue weighted by Crippen LogP contribution is -2.64. The molecule has 25 heavy (non-hydrogen) atoms. The van der Waals surface area contributed by atoms with Crippen molar-refractivity contribution in [3.8, 4) is 0 Å². The van der Waals surface area contributed by atoms with E-state index in [4.69, 9.17) is 9.47 Å². The van der Waals surface area contributed by atoms with Gasteiger partial charge in [-0.25, -0.2) is 4.99 Å². The van der Waals surface area contributed by atoms with E-state index < -0.39 is 73.8 Å². The first-order valence-corrected chi connectivity index (χ1v) is 7.75. The number of ether oxygens (including phenoxy) is 2. The van der Waals surface area contributed by atoms with E-state index in [1.54, 1.807) is 0 Å². The van der Waals surface area contributed by atoms with E-state index >= 15 is 0 Å². The lowest BCUT2D eigenvalue weighted by molar-refractivity contribution is -0.261. The first kappa shape index (κ1) is 18.7. The van der Waals surface area contributed by atoms with Crippen LogP contribution in [0.2, 0.25) is 0 Å². The minimum atomic E-state index is -2.11. The van der Waals surface area contributed by atoms with Crippen LogP contribution in [0.1, 0.15) is 0 Å². The molecular weight excluding hydrogens is 344 g/mol. The van der Waals surface area contributed by atoms with Gasteiger partial charge in [-0.3, -0.25) is 0 Å². The minimum absolute atomic E-state index is 0.248. The average molecular weight is 366 g/mol. The molecule has 144 valence electrons. The van der Waals surface area contributed by atoms with Crippen molar-refractivity contribution in [2.24, 2.45) is 4.99 Å². The van der Waals surface area contributed by atoms with Crippen molar-refractivity contribution in [2.75, 3.05) is 13.2 Å². The van der Waals surface area contributed by atoms with Gasteiger partial charge in [-0.2, -0.15) is 0 Å². The molecule has 1 saturated carbocycles. The Morgan fingerprint density at radius 3 is 2.32 bits per heavy atom. The summed E-state index contributed by atoms with van der Waals surface area (Å²) in [4.78, 5) is 3.98. The number of aliphatic hydroxyl groups excluding tert-OH is 7. The zero-order chi connectivity index (χ0) is 18.5. The van der Waals surface area contributed by atoms with Crippen molar-refractivity contribution in [3.05, 3.63) is 0 Å². The second-order valence-electron chi connectivity index (χ2n) is 6.45. The van der Waals surface area contributed by atoms with E-state index in [-0.39, 0.29) is 6.02 Å². The molecule has 0 spiro atoms. The summed E-state index contributed by atoms with van der Waals surface area (Å²) in [6.45, 7) is -1.47. The summed E-state index contributed by atoms with van der Waals surface area (Å²) in [5.74, 6) is 0. The number of fused-ring (bicyclic) bond motifs is 1. The molecule has 0 aromatic heterocycles. The number of nitrogens with zero attached hydrogens (tertiary/aromatic N) is 1. The van der Waals surface area contributed by atoms with Gasteiger partial charge >= 0.3 is 0 Å². The summed E-state index contributed by atoms with van der Waals surface area (Å²) in [6, 6.07) is -2.54. The fourth-order valence-corrected chi connectivity index (χ4v) is 3.41. The molecule has 1 unspecified atom stereocenters. The average Bonchev–Trinajstić information content (AvgIpc) is 3.10. The van der Waals surface area contributed by atoms with Gasteiger partial charge in [0.05, 0.1) is 19.3 Å². The molecular formula is C13H22N2O10. The van der Waals surface area contributed by atoms with Gasteiger partial charge in [0.1, 0.15) is 42.2 Å². The minimum Gasteiger partial charge on any atom is -0.457 e. The molecule has 0 aromatic rings. The highest BCUT2D eigenvalue weighted by Gasteiger charge is 2.63. The molecule has 2 aliphatic heterocycles. The summed E-state index contributed by atoms with van der Waals surface area (Å²) in [5.41, 5.74) is -2.11. The first-order chi connectivity index (χ1) is 11.7. The Labute approximate surface area is 141 Å². The van der Waals surface area contributed by atoms with Crippen LogP contribution in [-0.2, 0) is 9.47 Å². The fourth-order valence-electron chi connectivity index (χ4n) is 3.41. The maximum atomic E-state index is 10.3. The Morgan fingerprint density at radius 2 is 1.72 bits per heavy atom. The Bertz CT molecular complexity index is 533. The first-order valence-electron chi connectivity index (χ1n) is 7.75. The number of hydrogen-bond acceptors (Lipinski definition) is 12. The van der Waals surface area contributed by atoms with Gasteiger partial charge in [-0.1, -0.05) is 0 Å². The van der Waals surface area contributed by atoms with Crippen LogP contribution >= 0.6 is 0 Å². The lowest BCUT2D eigenvalue weighted by Gasteiger charge is -2.40. The Balaban J connectivity index is 1.78. The molecule has 2 heterocycles. The van der Waals surface area contributed by atoms with Gasteiger partial charge in [0.25, 0.3) is 6.02 Å². The number of hydrogen-bond donors (Lipinski definition) is 9. The molecule has 12 nitrogen and oxygen atoms in total. The van der Waals surface area contributed by atoms with Crippen molar-refractivity contribution < 1.29 is 50.3 Å². The van der Waals surface area contributed by atoms with Crippen LogP contribution in [0.15, 0.2) is 4.99 Å². The highest BCUT2D eigenvalue weighted by atomic mass is 16.6. The molecule has 0 aromatic carbocycles. The zero-order valence-corrected chi connectivity index (χ0v) is 13.0. The van der Waals surface area contributed by atoms with E-state index in [1.807, 2.05) is 0 Å². The molecule has 3 rings (SSSR count). The van der Waals surface area contributed by atoms with E-state index in [2.05, 4.69) is 10.3 Å². The fraction of sp³-hybridized carbons (Fsp3) is 0.923. The number of rotatable bonds is 3. The predicted molar refractivity (Wildman–Crippen MR) is 77.0 cm³/mol. The summed E-state index contributed by atoms with van der Waals surface area (Å²) < 4.78 is 10.3. The number of aliphatic hydroxyl groups is 8. The van der Waals surface area contributed by atoms with Crippen LogP contribution in [0.25, 0.3) is 0 Å². The summed E-state index contributed by atoms with van der Waals surface area (Å²) >= 11 is 0. The van der Waals surface area contributed by atoms with Crippen molar-refractivity contribution in [3.63, 3.8) is 0 Å². The Hall–Kier alpha value is -1.09. The zero-order valence-electron chi connectivity index (χ0n) is 13.0. The molecule has 9 N–H and O–H groups in total. The molecule has 10 atom stereocenters. The predicted octanol–water partition coefficient (Wildman–Crippen LogP) is -6.04. The third kappa shape index (κ3) is 2.79. The molecule has 0 radical (unpaired) electrons. The third-order valence-corrected chi connectivity index (χ3v) is 4.95. The standard InChI is InChI=1S/C13H22N2O10/c16-1-3-4(5(18)6(19)11(22)24-3)14-12-15-9-8(25-12)7(20)10(21)13(9,23)2-17/h3-11,16-23H,1-2H2,(H,14,15)/t3-,4-,5+,6-,7-,8-,9-,10+,11?,13+/m1/s1. The SMILES string of the molecule is OC[C@H]1OC(O)[C@H](O)[C@@H](O)[C@@H]1NC1=N[C@@H]2[C@H](O1)[C@@H](O)[C@H](O)[C@]2(O)CO. The summed E-state index contributed by atoms with van der Waals surface area (Å²) in [7, 11) is 0. The van der Waals surface area contributed by atoms with E-state index in [9.17, 15) is 40.9 Å². The van der Waals surface area contributed by atoms with Crippen LogP contribution in [0, 0.1) is 0 Å². The monoisotopic (exact) mass is 366 g/mol. The van der Waals surface area contributed by atoms with Crippen molar-refractivity contribution in [1.82, 2.24) is 5.32 Å². The van der Waals surface area contributed by atoms with Gasteiger partial charge < -0.3 is 55.6 Å². The third-order valence-electron chi connectivity index (χ3n) is 4.95. The molecule has 1 saturated heterocycles. The van der Waals surface area contributed by atoms with Crippen LogP contribution in [0.4, 0.5) is 0 Å². The highest BCUT2D eigenvalue weighted by Crippen LogP contribution is 2.38. The molecule has 1 aliphatic carbocycles. The smallest absolute Gasteiger partial charge is 0.285 e. The van der Waals surface area contributed by atoms with Crippen LogP contribution in [0.3, 0.4) is 0 Å². The normalized spacial score (nSPS) is 52.5. The quantitative estimate of drug-likeness (QED) is 0.230. The van der Waals surface area contributed by atoms with Gasteiger partial charge in [-0.15, -0.1) is 0 Å². The summed E-state index contributed by atoms with van der Waals surface area (Å²) in [6.07, 6.45) is -10.3. The Morgan fingerprint density at radius 1 is 1.04 bits per heavy atom. The molecule has 12 heteroatoms. The van der Waals surface area contributed by atoms with E-state index in [0.717, 1.165) is 0 Å². The van der Waals surface area contributed by atoms with E-state index in [0.29, 0.717) is 0 Å². The van der Waals surface area contributed by atoms with Crippen LogP contribution in [-0.4, -0.2) is 121 Å². The highest BCUT2D eigenvalue weighted by molar-refractivity contribution is 5.77. The largest absolute Gasteiger partial charge is 0.457 e. The number of amidine groups is 1. The van der Waals surface area contributed by atoms with Gasteiger partial charge in [0, 0.05) is 0 Å². The molecule has 2 fully saturated rings. The maximum absolute atomic E-state index is 10.3. The molecule has 0 amide bonds. The van der Waals surface area contributed by atoms with Crippen molar-refractivity contribution >= 4 is 6.02 Å². The van der Waals surface area contributed by atoms with Crippen LogP contribution < -0.4 is 5.32 Å². The van der Waals surface area contributed by atoms with Crippen molar-refractivity contribution in [2.45, 2.75) is 60.6 Å². The topological polar surface area (TPSA) is 205 Å². The van der Waals surface area contributed by atoms with E-state index in [1.165, 1.54) is 0 Å². The van der Waals surface area contributed by atoms with Gasteiger partial charge in [0.15, 0.2) is 12.4 Å². The molecule has 3 aliphatic rings. The second kappa shape index (κ2) is 6.57. The summed E-state index contributed by atoms with van der Waals surface area (Å²) in [5, 5.41) is 80.5. The van der Waals surface area contributed by atoms with Gasteiger partial charge in [-0.05, 0) is 0 Å². The Kier molecular flexibility index (Phi) is 4.91. The lowest BCUT2D eigenvalue weighted by atomic mass is 9.96. The second-order valence-corrected chi connectivity index (χ2v) is 6.45.